The molecule has 0 bridgehead atoms. The number of methoxy groups -OCH3 is 1. The fourth-order valence-electron chi connectivity index (χ4n) is 3.94. The molecule has 1 aromatic heterocycles. The molecule has 0 saturated heterocycles. The van der Waals surface area contributed by atoms with E-state index in [0.717, 1.165) is 17.7 Å². The van der Waals surface area contributed by atoms with Crippen molar-refractivity contribution in [2.24, 2.45) is 0 Å². The van der Waals surface area contributed by atoms with Crippen molar-refractivity contribution in [3.8, 4) is 22.6 Å². The van der Waals surface area contributed by atoms with Crippen LogP contribution in [0.1, 0.15) is 33.4 Å². The van der Waals surface area contributed by atoms with E-state index >= 15 is 0 Å². The summed E-state index contributed by atoms with van der Waals surface area (Å²) in [5.41, 5.74) is 3.49. The summed E-state index contributed by atoms with van der Waals surface area (Å²) in [4.78, 5) is 19.5. The van der Waals surface area contributed by atoms with Gasteiger partial charge >= 0.3 is 0 Å². The van der Waals surface area contributed by atoms with Crippen LogP contribution in [-0.2, 0) is 11.2 Å². The molecule has 1 heterocycles. The topological polar surface area (TPSA) is 63.7 Å². The third-order valence-corrected chi connectivity index (χ3v) is 5.65. The molecule has 0 aliphatic rings. The van der Waals surface area contributed by atoms with Crippen molar-refractivity contribution in [3.63, 3.8) is 0 Å². The van der Waals surface area contributed by atoms with Crippen LogP contribution in [0.5, 0.6) is 11.5 Å². The SMILES string of the molecule is COc1ccc(NC(=O)Cc2ccc(-c3ccccc3)cn2)cc1OCCN(C(C)C)C(C)C. The van der Waals surface area contributed by atoms with Gasteiger partial charge in [-0.15, -0.1) is 0 Å². The van der Waals surface area contributed by atoms with Crippen molar-refractivity contribution in [1.82, 2.24) is 9.88 Å². The zero-order valence-corrected chi connectivity index (χ0v) is 20.7. The van der Waals surface area contributed by atoms with Gasteiger partial charge in [-0.25, -0.2) is 0 Å². The minimum absolute atomic E-state index is 0.137. The number of hydrogen-bond donors (Lipinski definition) is 1. The Hall–Kier alpha value is -3.38. The number of nitrogens with one attached hydrogen (secondary N) is 1. The predicted molar refractivity (Wildman–Crippen MR) is 137 cm³/mol. The molecule has 1 N–H and O–H groups in total. The molecule has 0 unspecified atom stereocenters. The summed E-state index contributed by atoms with van der Waals surface area (Å²) >= 11 is 0. The van der Waals surface area contributed by atoms with Crippen LogP contribution in [0, 0.1) is 0 Å². The summed E-state index contributed by atoms with van der Waals surface area (Å²) in [6, 6.07) is 20.2. The quantitative estimate of drug-likeness (QED) is 0.412. The van der Waals surface area contributed by atoms with Gasteiger partial charge in [0, 0.05) is 47.8 Å². The van der Waals surface area contributed by atoms with E-state index in [9.17, 15) is 4.79 Å². The lowest BCUT2D eigenvalue weighted by atomic mass is 10.1. The maximum absolute atomic E-state index is 12.6. The van der Waals surface area contributed by atoms with Gasteiger partial charge in [-0.05, 0) is 51.5 Å². The molecule has 6 nitrogen and oxygen atoms in total. The fraction of sp³-hybridized carbons (Fsp3) is 0.357. The smallest absolute Gasteiger partial charge is 0.230 e. The largest absolute Gasteiger partial charge is 0.493 e. The van der Waals surface area contributed by atoms with Crippen LogP contribution in [0.3, 0.4) is 0 Å². The molecule has 6 heteroatoms. The molecule has 0 aliphatic heterocycles. The molecule has 0 atom stereocenters. The van der Waals surface area contributed by atoms with Crippen molar-refractivity contribution in [2.75, 3.05) is 25.6 Å². The van der Waals surface area contributed by atoms with Gasteiger partial charge in [0.1, 0.15) is 6.61 Å². The summed E-state index contributed by atoms with van der Waals surface area (Å²) in [5.74, 6) is 1.11. The zero-order valence-electron chi connectivity index (χ0n) is 20.7. The molecule has 2 aromatic carbocycles. The third-order valence-electron chi connectivity index (χ3n) is 5.65. The lowest BCUT2D eigenvalue weighted by Gasteiger charge is -2.30. The highest BCUT2D eigenvalue weighted by Gasteiger charge is 2.14. The summed E-state index contributed by atoms with van der Waals surface area (Å²) in [7, 11) is 1.61. The van der Waals surface area contributed by atoms with Gasteiger partial charge in [0.2, 0.25) is 5.91 Å². The van der Waals surface area contributed by atoms with Gasteiger partial charge in [-0.1, -0.05) is 36.4 Å². The number of ether oxygens (including phenoxy) is 2. The lowest BCUT2D eigenvalue weighted by Crippen LogP contribution is -2.39. The standard InChI is InChI=1S/C28H35N3O3/c1-20(2)31(21(3)4)15-16-34-27-17-25(13-14-26(27)33-5)30-28(32)18-24-12-11-23(19-29-24)22-9-7-6-8-10-22/h6-14,17,19-21H,15-16,18H2,1-5H3,(H,30,32). The average Bonchev–Trinajstić information content (AvgIpc) is 2.82. The Bertz CT molecular complexity index is 1040. The minimum Gasteiger partial charge on any atom is -0.493 e. The highest BCUT2D eigenvalue weighted by Crippen LogP contribution is 2.30. The van der Waals surface area contributed by atoms with Gasteiger partial charge in [0.05, 0.1) is 13.5 Å². The Morgan fingerprint density at radius 2 is 1.68 bits per heavy atom. The van der Waals surface area contributed by atoms with Crippen molar-refractivity contribution < 1.29 is 14.3 Å². The predicted octanol–water partition coefficient (Wildman–Crippen LogP) is 5.44. The first-order valence-electron chi connectivity index (χ1n) is 11.7. The molecule has 0 radical (unpaired) electrons. The first kappa shape index (κ1) is 25.2. The van der Waals surface area contributed by atoms with Crippen LogP contribution in [0.4, 0.5) is 5.69 Å². The van der Waals surface area contributed by atoms with Crippen LogP contribution >= 0.6 is 0 Å². The first-order chi connectivity index (χ1) is 16.4. The van der Waals surface area contributed by atoms with Crippen LogP contribution in [0.2, 0.25) is 0 Å². The lowest BCUT2D eigenvalue weighted by molar-refractivity contribution is -0.115. The summed E-state index contributed by atoms with van der Waals surface area (Å²) < 4.78 is 11.5. The molecule has 0 saturated carbocycles. The van der Waals surface area contributed by atoms with E-state index in [1.807, 2.05) is 48.5 Å². The molecule has 0 aliphatic carbocycles. The number of aromatic nitrogens is 1. The molecule has 3 aromatic rings. The second-order valence-corrected chi connectivity index (χ2v) is 8.77. The first-order valence-corrected chi connectivity index (χ1v) is 11.7. The number of anilines is 1. The van der Waals surface area contributed by atoms with E-state index in [-0.39, 0.29) is 12.3 Å². The Morgan fingerprint density at radius 1 is 0.941 bits per heavy atom. The Kier molecular flexibility index (Phi) is 9.05. The third kappa shape index (κ3) is 7.06. The van der Waals surface area contributed by atoms with Crippen LogP contribution in [-0.4, -0.2) is 48.1 Å². The van der Waals surface area contributed by atoms with Crippen molar-refractivity contribution >= 4 is 11.6 Å². The molecular weight excluding hydrogens is 426 g/mol. The number of benzene rings is 2. The monoisotopic (exact) mass is 461 g/mol. The zero-order chi connectivity index (χ0) is 24.5. The number of nitrogens with zero attached hydrogens (tertiary/aromatic N) is 2. The highest BCUT2D eigenvalue weighted by molar-refractivity contribution is 5.92. The van der Waals surface area contributed by atoms with Crippen molar-refractivity contribution in [1.29, 1.82) is 0 Å². The van der Waals surface area contributed by atoms with E-state index in [2.05, 4.69) is 42.9 Å². The highest BCUT2D eigenvalue weighted by atomic mass is 16.5. The van der Waals surface area contributed by atoms with Gasteiger partial charge in [-0.3, -0.25) is 14.7 Å². The molecule has 0 spiro atoms. The van der Waals surface area contributed by atoms with Gasteiger partial charge < -0.3 is 14.8 Å². The molecule has 180 valence electrons. The maximum atomic E-state index is 12.6. The number of hydrogen-bond acceptors (Lipinski definition) is 5. The van der Waals surface area contributed by atoms with E-state index in [1.165, 1.54) is 0 Å². The normalized spacial score (nSPS) is 11.2. The molecular formula is C28H35N3O3. The fourth-order valence-corrected chi connectivity index (χ4v) is 3.94. The van der Waals surface area contributed by atoms with E-state index in [4.69, 9.17) is 9.47 Å². The maximum Gasteiger partial charge on any atom is 0.230 e. The Balaban J connectivity index is 1.60. The van der Waals surface area contributed by atoms with Crippen molar-refractivity contribution in [2.45, 2.75) is 46.2 Å². The van der Waals surface area contributed by atoms with Gasteiger partial charge in [0.15, 0.2) is 11.5 Å². The summed E-state index contributed by atoms with van der Waals surface area (Å²) in [5, 5.41) is 2.94. The van der Waals surface area contributed by atoms with Gasteiger partial charge in [-0.2, -0.15) is 0 Å². The minimum atomic E-state index is -0.137. The second kappa shape index (κ2) is 12.2. The molecule has 34 heavy (non-hydrogen) atoms. The van der Waals surface area contributed by atoms with Crippen LogP contribution < -0.4 is 14.8 Å². The molecule has 3 rings (SSSR count). The number of rotatable bonds is 11. The van der Waals surface area contributed by atoms with E-state index in [1.54, 1.807) is 25.4 Å². The molecule has 1 amide bonds. The van der Waals surface area contributed by atoms with Crippen LogP contribution in [0.25, 0.3) is 11.1 Å². The van der Waals surface area contributed by atoms with Crippen molar-refractivity contribution in [3.05, 3.63) is 72.6 Å². The van der Waals surface area contributed by atoms with E-state index in [0.29, 0.717) is 41.6 Å². The Labute approximate surface area is 202 Å². The number of carbonyl (C=O) groups is 1. The average molecular weight is 462 g/mol. The molecule has 0 fully saturated rings. The second-order valence-electron chi connectivity index (χ2n) is 8.77. The summed E-state index contributed by atoms with van der Waals surface area (Å²) in [6.07, 6.45) is 1.99. The Morgan fingerprint density at radius 3 is 2.29 bits per heavy atom. The van der Waals surface area contributed by atoms with E-state index < -0.39 is 0 Å². The number of pyridine rings is 1. The number of amides is 1. The van der Waals surface area contributed by atoms with Gasteiger partial charge in [0.25, 0.3) is 0 Å². The van der Waals surface area contributed by atoms with Crippen LogP contribution in [0.15, 0.2) is 66.9 Å². The number of carbonyl (C=O) groups excluding carboxylic acids is 1. The summed E-state index contributed by atoms with van der Waals surface area (Å²) in [6.45, 7) is 10.1.